The Bertz CT molecular complexity index is 443. The van der Waals surface area contributed by atoms with Crippen molar-refractivity contribution in [3.05, 3.63) is 29.3 Å². The van der Waals surface area contributed by atoms with Crippen LogP contribution < -0.4 is 4.72 Å². The fraction of sp³-hybridized carbons (Fsp3) is 0.400. The van der Waals surface area contributed by atoms with Crippen molar-refractivity contribution in [2.24, 2.45) is 0 Å². The average Bonchev–Trinajstić information content (AvgIpc) is 2.26. The first-order valence-corrected chi connectivity index (χ1v) is 6.74. The van der Waals surface area contributed by atoms with E-state index in [2.05, 4.69) is 4.72 Å². The summed E-state index contributed by atoms with van der Waals surface area (Å²) in [5, 5.41) is 9.30. The van der Waals surface area contributed by atoms with Gasteiger partial charge < -0.3 is 5.11 Å². The lowest BCUT2D eigenvalue weighted by Crippen LogP contribution is -2.36. The highest BCUT2D eigenvalue weighted by Crippen LogP contribution is 2.15. The van der Waals surface area contributed by atoms with E-state index in [1.54, 1.807) is 19.1 Å². The molecule has 6 heteroatoms. The van der Waals surface area contributed by atoms with E-state index in [-0.39, 0.29) is 11.5 Å². The van der Waals surface area contributed by atoms with Gasteiger partial charge in [0.1, 0.15) is 0 Å². The van der Waals surface area contributed by atoms with Gasteiger partial charge in [0.25, 0.3) is 0 Å². The normalized spacial score (nSPS) is 13.7. The van der Waals surface area contributed by atoms with E-state index >= 15 is 0 Å². The molecule has 0 heterocycles. The zero-order valence-corrected chi connectivity index (χ0v) is 10.4. The molecule has 0 aliphatic carbocycles. The first-order valence-electron chi connectivity index (χ1n) is 4.88. The van der Waals surface area contributed by atoms with Crippen LogP contribution in [-0.2, 0) is 10.0 Å². The maximum Gasteiger partial charge on any atom is 0.240 e. The quantitative estimate of drug-likeness (QED) is 0.844. The number of aliphatic hydroxyl groups is 1. The summed E-state index contributed by atoms with van der Waals surface area (Å²) in [6.45, 7) is 1.57. The molecule has 0 spiro atoms. The number of halogens is 1. The van der Waals surface area contributed by atoms with Crippen molar-refractivity contribution >= 4 is 21.6 Å². The first-order chi connectivity index (χ1) is 7.49. The molecule has 4 nitrogen and oxygen atoms in total. The summed E-state index contributed by atoms with van der Waals surface area (Å²) in [5.41, 5.74) is 0. The van der Waals surface area contributed by atoms with Gasteiger partial charge in [0, 0.05) is 11.1 Å². The van der Waals surface area contributed by atoms with Crippen LogP contribution in [0, 0.1) is 0 Å². The van der Waals surface area contributed by atoms with Gasteiger partial charge in [-0.3, -0.25) is 0 Å². The van der Waals surface area contributed by atoms with Crippen LogP contribution in [0.1, 0.15) is 13.3 Å². The summed E-state index contributed by atoms with van der Waals surface area (Å²) in [4.78, 5) is 0.104. The number of rotatable bonds is 5. The minimum absolute atomic E-state index is 0.104. The Hall–Kier alpha value is -0.620. The molecular weight excluding hydrogens is 250 g/mol. The van der Waals surface area contributed by atoms with Crippen molar-refractivity contribution < 1.29 is 13.5 Å². The molecular formula is C10H14ClNO3S. The predicted molar refractivity (Wildman–Crippen MR) is 62.9 cm³/mol. The number of nitrogens with one attached hydrogen (secondary N) is 1. The minimum atomic E-state index is -3.60. The number of hydrogen-bond acceptors (Lipinski definition) is 3. The minimum Gasteiger partial charge on any atom is -0.395 e. The molecule has 0 saturated carbocycles. The van der Waals surface area contributed by atoms with Crippen LogP contribution in [0.15, 0.2) is 29.2 Å². The average molecular weight is 264 g/mol. The molecule has 16 heavy (non-hydrogen) atoms. The Kier molecular flexibility index (Phi) is 4.73. The van der Waals surface area contributed by atoms with Crippen LogP contribution >= 0.6 is 11.6 Å². The number of sulfonamides is 1. The van der Waals surface area contributed by atoms with Crippen LogP contribution in [0.4, 0.5) is 0 Å². The third-order valence-corrected chi connectivity index (χ3v) is 3.89. The highest BCUT2D eigenvalue weighted by molar-refractivity contribution is 7.89. The van der Waals surface area contributed by atoms with E-state index in [9.17, 15) is 8.42 Å². The molecule has 1 atom stereocenters. The van der Waals surface area contributed by atoms with Gasteiger partial charge in [-0.15, -0.1) is 0 Å². The maximum absolute atomic E-state index is 11.8. The maximum atomic E-state index is 11.8. The lowest BCUT2D eigenvalue weighted by Gasteiger charge is -2.14. The van der Waals surface area contributed by atoms with Crippen molar-refractivity contribution in [1.82, 2.24) is 4.72 Å². The molecule has 0 aliphatic heterocycles. The highest BCUT2D eigenvalue weighted by Gasteiger charge is 2.18. The lowest BCUT2D eigenvalue weighted by atomic mass is 10.3. The van der Waals surface area contributed by atoms with Gasteiger partial charge in [-0.2, -0.15) is 0 Å². The number of aliphatic hydroxyl groups excluding tert-OH is 1. The fourth-order valence-electron chi connectivity index (χ4n) is 1.17. The van der Waals surface area contributed by atoms with Gasteiger partial charge in [0.2, 0.25) is 10.0 Å². The molecule has 0 amide bonds. The lowest BCUT2D eigenvalue weighted by molar-refractivity contribution is 0.254. The third-order valence-electron chi connectivity index (χ3n) is 2.14. The molecule has 1 rings (SSSR count). The van der Waals surface area contributed by atoms with Crippen LogP contribution in [0.5, 0.6) is 0 Å². The molecule has 0 saturated heterocycles. The van der Waals surface area contributed by atoms with Gasteiger partial charge in [-0.05, 0) is 24.6 Å². The van der Waals surface area contributed by atoms with E-state index in [4.69, 9.17) is 16.7 Å². The van der Waals surface area contributed by atoms with Crippen molar-refractivity contribution in [2.75, 3.05) is 6.61 Å². The summed E-state index contributed by atoms with van der Waals surface area (Å²) in [7, 11) is -3.60. The molecule has 90 valence electrons. The van der Waals surface area contributed by atoms with E-state index in [0.717, 1.165) is 0 Å². The third kappa shape index (κ3) is 3.45. The van der Waals surface area contributed by atoms with Crippen molar-refractivity contribution in [2.45, 2.75) is 24.3 Å². The SMILES string of the molecule is CCC(CO)NS(=O)(=O)c1cccc(Cl)c1. The monoisotopic (exact) mass is 263 g/mol. The van der Waals surface area contributed by atoms with Gasteiger partial charge in [0.15, 0.2) is 0 Å². The Labute approximate surface area is 100 Å². The summed E-state index contributed by atoms with van der Waals surface area (Å²) in [6, 6.07) is 5.52. The van der Waals surface area contributed by atoms with E-state index < -0.39 is 16.1 Å². The summed E-state index contributed by atoms with van der Waals surface area (Å²) >= 11 is 5.71. The molecule has 1 aromatic carbocycles. The topological polar surface area (TPSA) is 66.4 Å². The fourth-order valence-corrected chi connectivity index (χ4v) is 2.78. The van der Waals surface area contributed by atoms with Crippen molar-refractivity contribution in [1.29, 1.82) is 0 Å². The summed E-state index contributed by atoms with van der Waals surface area (Å²) in [6.07, 6.45) is 0.524. The smallest absolute Gasteiger partial charge is 0.240 e. The summed E-state index contributed by atoms with van der Waals surface area (Å²) < 4.78 is 26.1. The van der Waals surface area contributed by atoms with Crippen LogP contribution in [0.2, 0.25) is 5.02 Å². The second kappa shape index (κ2) is 5.63. The van der Waals surface area contributed by atoms with Crippen molar-refractivity contribution in [3.8, 4) is 0 Å². The largest absolute Gasteiger partial charge is 0.395 e. The van der Waals surface area contributed by atoms with E-state index in [0.29, 0.717) is 11.4 Å². The van der Waals surface area contributed by atoms with Crippen LogP contribution in [0.3, 0.4) is 0 Å². The van der Waals surface area contributed by atoms with Crippen LogP contribution in [0.25, 0.3) is 0 Å². The number of benzene rings is 1. The zero-order chi connectivity index (χ0) is 12.2. The molecule has 0 fully saturated rings. The second-order valence-electron chi connectivity index (χ2n) is 3.37. The molecule has 0 bridgehead atoms. The highest BCUT2D eigenvalue weighted by atomic mass is 35.5. The Morgan fingerprint density at radius 3 is 2.69 bits per heavy atom. The standard InChI is InChI=1S/C10H14ClNO3S/c1-2-9(7-13)12-16(14,15)10-5-3-4-8(11)6-10/h3-6,9,12-13H,2,7H2,1H3. The van der Waals surface area contributed by atoms with Gasteiger partial charge in [-0.25, -0.2) is 13.1 Å². The zero-order valence-electron chi connectivity index (χ0n) is 8.85. The van der Waals surface area contributed by atoms with Crippen molar-refractivity contribution in [3.63, 3.8) is 0 Å². The Balaban J connectivity index is 2.94. The van der Waals surface area contributed by atoms with Gasteiger partial charge in [-0.1, -0.05) is 24.6 Å². The molecule has 1 unspecified atom stereocenters. The Morgan fingerprint density at radius 2 is 2.19 bits per heavy atom. The molecule has 0 aromatic heterocycles. The van der Waals surface area contributed by atoms with Gasteiger partial charge in [0.05, 0.1) is 11.5 Å². The van der Waals surface area contributed by atoms with E-state index in [1.165, 1.54) is 12.1 Å². The van der Waals surface area contributed by atoms with E-state index in [1.807, 2.05) is 0 Å². The van der Waals surface area contributed by atoms with Crippen LogP contribution in [-0.4, -0.2) is 26.2 Å². The molecule has 0 radical (unpaired) electrons. The molecule has 0 aliphatic rings. The second-order valence-corrected chi connectivity index (χ2v) is 5.52. The predicted octanol–water partition coefficient (Wildman–Crippen LogP) is 1.39. The molecule has 2 N–H and O–H groups in total. The summed E-state index contributed by atoms with van der Waals surface area (Å²) in [5.74, 6) is 0. The molecule has 1 aromatic rings. The Morgan fingerprint density at radius 1 is 1.50 bits per heavy atom. The number of hydrogen-bond donors (Lipinski definition) is 2. The first kappa shape index (κ1) is 13.4. The van der Waals surface area contributed by atoms with Gasteiger partial charge >= 0.3 is 0 Å².